The third-order valence-electron chi connectivity index (χ3n) is 1.86. The summed E-state index contributed by atoms with van der Waals surface area (Å²) in [5, 5.41) is 2.12. The van der Waals surface area contributed by atoms with Crippen molar-refractivity contribution in [3.63, 3.8) is 0 Å². The van der Waals surface area contributed by atoms with Crippen molar-refractivity contribution in [2.24, 2.45) is 0 Å². The van der Waals surface area contributed by atoms with E-state index in [-0.39, 0.29) is 5.82 Å². The number of hydrogen-bond acceptors (Lipinski definition) is 2. The van der Waals surface area contributed by atoms with Gasteiger partial charge in [0.2, 0.25) is 0 Å². The second kappa shape index (κ2) is 3.87. The lowest BCUT2D eigenvalue weighted by atomic mass is 10.2. The van der Waals surface area contributed by atoms with E-state index in [0.29, 0.717) is 12.0 Å². The summed E-state index contributed by atoms with van der Waals surface area (Å²) in [6, 6.07) is 3.63. The Hall–Kier alpha value is -0.610. The van der Waals surface area contributed by atoms with Gasteiger partial charge in [0.1, 0.15) is 11.6 Å². The van der Waals surface area contributed by atoms with E-state index in [1.165, 1.54) is 16.7 Å². The highest BCUT2D eigenvalue weighted by molar-refractivity contribution is 9.10. The molecule has 0 spiro atoms. The van der Waals surface area contributed by atoms with E-state index in [1.807, 2.05) is 13.0 Å². The molecule has 0 N–H and O–H groups in total. The third-order valence-corrected chi connectivity index (χ3v) is 3.30. The van der Waals surface area contributed by atoms with E-state index in [0.717, 1.165) is 14.9 Å². The minimum atomic E-state index is -0.188. The number of halogens is 2. The van der Waals surface area contributed by atoms with Gasteiger partial charge in [-0.2, -0.15) is 0 Å². The molecule has 0 saturated carbocycles. The van der Waals surface area contributed by atoms with Crippen molar-refractivity contribution in [2.45, 2.75) is 6.92 Å². The molecule has 0 atom stereocenters. The molecule has 0 aliphatic heterocycles. The zero-order valence-electron chi connectivity index (χ0n) is 7.51. The van der Waals surface area contributed by atoms with Gasteiger partial charge in [-0.1, -0.05) is 15.9 Å². The standard InChI is InChI=1S/C10H8BrFOS/c1-2-13-9-4-6(11)3-7-8(12)5-14-10(7)9/h3-5H,2H2,1H3. The molecule has 1 heterocycles. The van der Waals surface area contributed by atoms with Crippen LogP contribution in [0.15, 0.2) is 22.0 Å². The molecule has 74 valence electrons. The summed E-state index contributed by atoms with van der Waals surface area (Å²) in [6.45, 7) is 2.50. The van der Waals surface area contributed by atoms with Gasteiger partial charge in [0, 0.05) is 15.2 Å². The van der Waals surface area contributed by atoms with Crippen molar-refractivity contribution in [1.29, 1.82) is 0 Å². The molecule has 1 nitrogen and oxygen atoms in total. The van der Waals surface area contributed by atoms with Crippen molar-refractivity contribution in [3.05, 3.63) is 27.8 Å². The van der Waals surface area contributed by atoms with E-state index in [9.17, 15) is 4.39 Å². The van der Waals surface area contributed by atoms with Crippen molar-refractivity contribution in [2.75, 3.05) is 6.61 Å². The second-order valence-electron chi connectivity index (χ2n) is 2.80. The number of ether oxygens (including phenoxy) is 1. The maximum Gasteiger partial charge on any atom is 0.141 e. The summed E-state index contributed by atoms with van der Waals surface area (Å²) >= 11 is 4.70. The molecule has 0 bridgehead atoms. The number of benzene rings is 1. The molecule has 1 aromatic heterocycles. The first-order chi connectivity index (χ1) is 6.72. The Balaban J connectivity index is 2.68. The van der Waals surface area contributed by atoms with E-state index in [4.69, 9.17) is 4.74 Å². The number of rotatable bonds is 2. The van der Waals surface area contributed by atoms with Crippen LogP contribution in [-0.4, -0.2) is 6.61 Å². The van der Waals surface area contributed by atoms with Gasteiger partial charge in [-0.15, -0.1) is 11.3 Å². The molecule has 0 radical (unpaired) electrons. The van der Waals surface area contributed by atoms with Crippen LogP contribution < -0.4 is 4.74 Å². The number of thiophene rings is 1. The normalized spacial score (nSPS) is 10.8. The predicted molar refractivity (Wildman–Crippen MR) is 60.7 cm³/mol. The molecular weight excluding hydrogens is 267 g/mol. The first-order valence-corrected chi connectivity index (χ1v) is 5.88. The van der Waals surface area contributed by atoms with Gasteiger partial charge >= 0.3 is 0 Å². The van der Waals surface area contributed by atoms with Gasteiger partial charge in [-0.3, -0.25) is 0 Å². The minimum Gasteiger partial charge on any atom is -0.492 e. The topological polar surface area (TPSA) is 9.23 Å². The maximum atomic E-state index is 13.3. The molecule has 2 aromatic rings. The number of fused-ring (bicyclic) bond motifs is 1. The van der Waals surface area contributed by atoms with E-state index in [2.05, 4.69) is 15.9 Å². The highest BCUT2D eigenvalue weighted by atomic mass is 79.9. The Morgan fingerprint density at radius 3 is 3.00 bits per heavy atom. The van der Waals surface area contributed by atoms with Crippen molar-refractivity contribution in [1.82, 2.24) is 0 Å². The summed E-state index contributed by atoms with van der Waals surface area (Å²) in [4.78, 5) is 0. The minimum absolute atomic E-state index is 0.188. The van der Waals surface area contributed by atoms with Crippen LogP contribution in [0.25, 0.3) is 10.1 Å². The van der Waals surface area contributed by atoms with Crippen LogP contribution >= 0.6 is 27.3 Å². The molecule has 4 heteroatoms. The van der Waals surface area contributed by atoms with Crippen LogP contribution in [0.3, 0.4) is 0 Å². The molecule has 2 rings (SSSR count). The SMILES string of the molecule is CCOc1cc(Br)cc2c(F)csc12. The average molecular weight is 275 g/mol. The van der Waals surface area contributed by atoms with E-state index < -0.39 is 0 Å². The monoisotopic (exact) mass is 274 g/mol. The fourth-order valence-corrected chi connectivity index (χ4v) is 2.61. The molecule has 0 amide bonds. The molecule has 14 heavy (non-hydrogen) atoms. The summed E-state index contributed by atoms with van der Waals surface area (Å²) < 4.78 is 20.4. The summed E-state index contributed by atoms with van der Waals surface area (Å²) in [5.74, 6) is 0.554. The second-order valence-corrected chi connectivity index (χ2v) is 4.59. The maximum absolute atomic E-state index is 13.3. The highest BCUT2D eigenvalue weighted by Gasteiger charge is 2.09. The Bertz CT molecular complexity index is 466. The zero-order chi connectivity index (χ0) is 10.1. The summed E-state index contributed by atoms with van der Waals surface area (Å²) in [7, 11) is 0. The fourth-order valence-electron chi connectivity index (χ4n) is 1.30. The first kappa shape index (κ1) is 9.93. The van der Waals surface area contributed by atoms with Gasteiger partial charge in [-0.05, 0) is 19.1 Å². The molecule has 0 unspecified atom stereocenters. The van der Waals surface area contributed by atoms with Gasteiger partial charge in [0.15, 0.2) is 0 Å². The summed E-state index contributed by atoms with van der Waals surface area (Å²) in [6.07, 6.45) is 0. The van der Waals surface area contributed by atoms with Crippen molar-refractivity contribution in [3.8, 4) is 5.75 Å². The number of hydrogen-bond donors (Lipinski definition) is 0. The quantitative estimate of drug-likeness (QED) is 0.798. The van der Waals surface area contributed by atoms with Crippen LogP contribution in [0.4, 0.5) is 4.39 Å². The fraction of sp³-hybridized carbons (Fsp3) is 0.200. The Morgan fingerprint density at radius 1 is 1.50 bits per heavy atom. The highest BCUT2D eigenvalue weighted by Crippen LogP contribution is 2.36. The van der Waals surface area contributed by atoms with E-state index >= 15 is 0 Å². The van der Waals surface area contributed by atoms with E-state index in [1.54, 1.807) is 6.07 Å². The third kappa shape index (κ3) is 1.64. The van der Waals surface area contributed by atoms with Gasteiger partial charge in [0.25, 0.3) is 0 Å². The molecular formula is C10H8BrFOS. The van der Waals surface area contributed by atoms with Crippen LogP contribution in [0.2, 0.25) is 0 Å². The smallest absolute Gasteiger partial charge is 0.141 e. The average Bonchev–Trinajstić information content (AvgIpc) is 2.49. The lowest BCUT2D eigenvalue weighted by Gasteiger charge is -2.04. The molecule has 0 aliphatic carbocycles. The summed E-state index contributed by atoms with van der Waals surface area (Å²) in [5.41, 5.74) is 0. The van der Waals surface area contributed by atoms with Crippen LogP contribution in [0.5, 0.6) is 5.75 Å². The van der Waals surface area contributed by atoms with Gasteiger partial charge in [0.05, 0.1) is 11.3 Å². The van der Waals surface area contributed by atoms with Gasteiger partial charge < -0.3 is 4.74 Å². The zero-order valence-corrected chi connectivity index (χ0v) is 9.91. The lowest BCUT2D eigenvalue weighted by molar-refractivity contribution is 0.344. The van der Waals surface area contributed by atoms with Crippen molar-refractivity contribution >= 4 is 37.4 Å². The van der Waals surface area contributed by atoms with Crippen LogP contribution in [0.1, 0.15) is 6.92 Å². The molecule has 0 fully saturated rings. The van der Waals surface area contributed by atoms with Gasteiger partial charge in [-0.25, -0.2) is 4.39 Å². The Morgan fingerprint density at radius 2 is 2.29 bits per heavy atom. The molecule has 1 aromatic carbocycles. The largest absolute Gasteiger partial charge is 0.492 e. The Kier molecular flexibility index (Phi) is 2.74. The predicted octanol–water partition coefficient (Wildman–Crippen LogP) is 4.20. The lowest BCUT2D eigenvalue weighted by Crippen LogP contribution is -1.91. The molecule has 0 saturated heterocycles. The first-order valence-electron chi connectivity index (χ1n) is 4.21. The van der Waals surface area contributed by atoms with Crippen LogP contribution in [0, 0.1) is 5.82 Å². The Labute approximate surface area is 93.6 Å². The van der Waals surface area contributed by atoms with Crippen LogP contribution in [-0.2, 0) is 0 Å². The van der Waals surface area contributed by atoms with Crippen molar-refractivity contribution < 1.29 is 9.13 Å². The molecule has 0 aliphatic rings.